The maximum atomic E-state index is 12.8. The normalized spacial score (nSPS) is 19.6. The number of rotatable bonds is 3. The van der Waals surface area contributed by atoms with Gasteiger partial charge in [0.2, 0.25) is 0 Å². The number of hydrogen-bond donors (Lipinski definition) is 2. The average Bonchev–Trinajstić information content (AvgIpc) is 2.91. The Bertz CT molecular complexity index is 790. The van der Waals surface area contributed by atoms with Crippen LogP contribution in [0.15, 0.2) is 23.3 Å². The van der Waals surface area contributed by atoms with Crippen LogP contribution in [0.2, 0.25) is 0 Å². The molecule has 1 saturated heterocycles. The topological polar surface area (TPSA) is 70.1 Å². The fraction of sp³-hybridized carbons (Fsp3) is 0.556. The smallest absolute Gasteiger partial charge is 0.274 e. The van der Waals surface area contributed by atoms with Gasteiger partial charge in [0.15, 0.2) is 0 Å². The molecule has 6 nitrogen and oxygen atoms in total. The number of aromatic nitrogens is 2. The van der Waals surface area contributed by atoms with Crippen molar-refractivity contribution in [2.45, 2.75) is 45.2 Å². The van der Waals surface area contributed by atoms with Gasteiger partial charge in [-0.25, -0.2) is 0 Å². The molecule has 0 bridgehead atoms. The summed E-state index contributed by atoms with van der Waals surface area (Å²) in [5.41, 5.74) is 0.920. The van der Waals surface area contributed by atoms with Gasteiger partial charge < -0.3 is 19.8 Å². The number of carbonyl (C=O) groups excluding carboxylic acids is 1. The zero-order valence-electron chi connectivity index (χ0n) is 14.6. The summed E-state index contributed by atoms with van der Waals surface area (Å²) in [6.07, 6.45) is 6.39. The number of nitrogens with zero attached hydrogens (tertiary/aromatic N) is 2. The molecule has 2 N–H and O–H groups in total. The van der Waals surface area contributed by atoms with E-state index in [1.807, 2.05) is 0 Å². The fourth-order valence-electron chi connectivity index (χ4n) is 3.49. The standard InChI is InChI=1S/C18H26N4O2/c1-12(2)22-9-4-5-13(7-10-22)20-17(23)15-11-21(3)18(24)16-14(15)6-8-19-16/h6,8,11-13,19H,4-5,7,9-10H2,1-3H3,(H,20,23). The molecule has 3 rings (SSSR count). The van der Waals surface area contributed by atoms with Gasteiger partial charge in [0.25, 0.3) is 11.5 Å². The van der Waals surface area contributed by atoms with Crippen LogP contribution in [0.4, 0.5) is 0 Å². The Hall–Kier alpha value is -2.08. The summed E-state index contributed by atoms with van der Waals surface area (Å²) in [6, 6.07) is 2.52. The molecular weight excluding hydrogens is 304 g/mol. The lowest BCUT2D eigenvalue weighted by molar-refractivity contribution is 0.0934. The SMILES string of the molecule is CC(C)N1CCCC(NC(=O)c2cn(C)c(=O)c3[nH]ccc23)CC1. The van der Waals surface area contributed by atoms with Crippen LogP contribution in [-0.2, 0) is 7.05 Å². The van der Waals surface area contributed by atoms with E-state index in [1.54, 1.807) is 25.5 Å². The number of nitrogens with one attached hydrogen (secondary N) is 2. The second-order valence-corrected chi connectivity index (χ2v) is 6.96. The van der Waals surface area contributed by atoms with Gasteiger partial charge in [-0.05, 0) is 45.7 Å². The van der Waals surface area contributed by atoms with Gasteiger partial charge in [0.05, 0.1) is 5.56 Å². The van der Waals surface area contributed by atoms with Gasteiger partial charge in [0.1, 0.15) is 5.52 Å². The molecule has 1 atom stereocenters. The summed E-state index contributed by atoms with van der Waals surface area (Å²) in [7, 11) is 1.67. The van der Waals surface area contributed by atoms with Crippen LogP contribution in [0.25, 0.3) is 10.9 Å². The molecule has 0 spiro atoms. The van der Waals surface area contributed by atoms with Gasteiger partial charge in [-0.15, -0.1) is 0 Å². The lowest BCUT2D eigenvalue weighted by Gasteiger charge is -2.24. The Morgan fingerprint density at radius 1 is 1.33 bits per heavy atom. The molecule has 1 fully saturated rings. The maximum absolute atomic E-state index is 12.8. The molecule has 3 heterocycles. The van der Waals surface area contributed by atoms with E-state index in [9.17, 15) is 9.59 Å². The highest BCUT2D eigenvalue weighted by molar-refractivity contribution is 6.06. The number of aryl methyl sites for hydroxylation is 1. The van der Waals surface area contributed by atoms with E-state index < -0.39 is 0 Å². The molecule has 1 unspecified atom stereocenters. The van der Waals surface area contributed by atoms with E-state index in [0.29, 0.717) is 22.5 Å². The predicted octanol–water partition coefficient (Wildman–Crippen LogP) is 1.86. The van der Waals surface area contributed by atoms with Crippen molar-refractivity contribution in [2.24, 2.45) is 7.05 Å². The van der Waals surface area contributed by atoms with E-state index in [4.69, 9.17) is 0 Å². The minimum absolute atomic E-state index is 0.0989. The zero-order chi connectivity index (χ0) is 17.3. The number of amides is 1. The summed E-state index contributed by atoms with van der Waals surface area (Å²) in [4.78, 5) is 30.3. The molecule has 1 amide bonds. The lowest BCUT2D eigenvalue weighted by Crippen LogP contribution is -2.37. The van der Waals surface area contributed by atoms with Crippen molar-refractivity contribution < 1.29 is 4.79 Å². The number of H-pyrrole nitrogens is 1. The molecule has 0 radical (unpaired) electrons. The quantitative estimate of drug-likeness (QED) is 0.902. The Balaban J connectivity index is 1.77. The molecule has 6 heteroatoms. The summed E-state index contributed by atoms with van der Waals surface area (Å²) >= 11 is 0. The van der Waals surface area contributed by atoms with Gasteiger partial charge in [-0.3, -0.25) is 9.59 Å². The first-order chi connectivity index (χ1) is 11.5. The molecule has 1 aliphatic heterocycles. The third-order valence-corrected chi connectivity index (χ3v) is 4.97. The van der Waals surface area contributed by atoms with Crippen molar-refractivity contribution in [3.8, 4) is 0 Å². The van der Waals surface area contributed by atoms with Crippen LogP contribution < -0.4 is 10.9 Å². The number of aromatic amines is 1. The van der Waals surface area contributed by atoms with Crippen LogP contribution in [0, 0.1) is 0 Å². The molecule has 0 saturated carbocycles. The second-order valence-electron chi connectivity index (χ2n) is 6.96. The van der Waals surface area contributed by atoms with Crippen molar-refractivity contribution in [3.63, 3.8) is 0 Å². The van der Waals surface area contributed by atoms with Crippen LogP contribution in [0.1, 0.15) is 43.5 Å². The number of fused-ring (bicyclic) bond motifs is 1. The molecule has 0 aromatic carbocycles. The van der Waals surface area contributed by atoms with Crippen molar-refractivity contribution in [2.75, 3.05) is 13.1 Å². The Morgan fingerprint density at radius 3 is 2.88 bits per heavy atom. The van der Waals surface area contributed by atoms with E-state index in [1.165, 1.54) is 4.57 Å². The first-order valence-corrected chi connectivity index (χ1v) is 8.69. The van der Waals surface area contributed by atoms with Gasteiger partial charge in [-0.1, -0.05) is 0 Å². The van der Waals surface area contributed by atoms with E-state index in [-0.39, 0.29) is 17.5 Å². The molecule has 2 aromatic heterocycles. The minimum atomic E-state index is -0.117. The third-order valence-electron chi connectivity index (χ3n) is 4.97. The second kappa shape index (κ2) is 6.81. The van der Waals surface area contributed by atoms with Crippen molar-refractivity contribution in [1.29, 1.82) is 0 Å². The Kier molecular flexibility index (Phi) is 4.76. The molecule has 1 aliphatic rings. The first kappa shape index (κ1) is 16.8. The fourth-order valence-corrected chi connectivity index (χ4v) is 3.49. The zero-order valence-corrected chi connectivity index (χ0v) is 14.6. The third kappa shape index (κ3) is 3.24. The van der Waals surface area contributed by atoms with Crippen molar-refractivity contribution >= 4 is 16.8 Å². The molecule has 0 aliphatic carbocycles. The number of likely N-dealkylation sites (tertiary alicyclic amines) is 1. The van der Waals surface area contributed by atoms with E-state index in [0.717, 1.165) is 32.4 Å². The minimum Gasteiger partial charge on any atom is -0.357 e. The Morgan fingerprint density at radius 2 is 2.12 bits per heavy atom. The van der Waals surface area contributed by atoms with Crippen LogP contribution in [-0.4, -0.2) is 45.5 Å². The average molecular weight is 330 g/mol. The van der Waals surface area contributed by atoms with Gasteiger partial charge >= 0.3 is 0 Å². The molecule has 2 aromatic rings. The van der Waals surface area contributed by atoms with Crippen LogP contribution in [0.5, 0.6) is 0 Å². The molecule has 24 heavy (non-hydrogen) atoms. The van der Waals surface area contributed by atoms with Crippen LogP contribution >= 0.6 is 0 Å². The Labute approximate surface area is 141 Å². The predicted molar refractivity (Wildman–Crippen MR) is 95.4 cm³/mol. The summed E-state index contributed by atoms with van der Waals surface area (Å²) < 4.78 is 1.46. The van der Waals surface area contributed by atoms with Crippen LogP contribution in [0.3, 0.4) is 0 Å². The maximum Gasteiger partial charge on any atom is 0.274 e. The highest BCUT2D eigenvalue weighted by Crippen LogP contribution is 2.17. The summed E-state index contributed by atoms with van der Waals surface area (Å²) in [5.74, 6) is -0.0989. The number of pyridine rings is 1. The molecular formula is C18H26N4O2. The van der Waals surface area contributed by atoms with Crippen molar-refractivity contribution in [3.05, 3.63) is 34.4 Å². The summed E-state index contributed by atoms with van der Waals surface area (Å²) in [6.45, 7) is 6.53. The highest BCUT2D eigenvalue weighted by Gasteiger charge is 2.22. The highest BCUT2D eigenvalue weighted by atomic mass is 16.2. The first-order valence-electron chi connectivity index (χ1n) is 8.69. The van der Waals surface area contributed by atoms with Gasteiger partial charge in [-0.2, -0.15) is 0 Å². The number of hydrogen-bond acceptors (Lipinski definition) is 3. The van der Waals surface area contributed by atoms with Gasteiger partial charge in [0, 0.05) is 43.5 Å². The van der Waals surface area contributed by atoms with E-state index >= 15 is 0 Å². The lowest BCUT2D eigenvalue weighted by atomic mass is 10.1. The monoisotopic (exact) mass is 330 g/mol. The largest absolute Gasteiger partial charge is 0.357 e. The summed E-state index contributed by atoms with van der Waals surface area (Å²) in [5, 5.41) is 3.86. The van der Waals surface area contributed by atoms with E-state index in [2.05, 4.69) is 29.0 Å². The number of carbonyl (C=O) groups is 1. The van der Waals surface area contributed by atoms with Crippen molar-refractivity contribution in [1.82, 2.24) is 19.8 Å². The molecule has 130 valence electrons.